The topological polar surface area (TPSA) is 47.7 Å². The van der Waals surface area contributed by atoms with E-state index < -0.39 is 0 Å². The SMILES string of the molecule is NCC1COCCN1C1CCCOC1. The molecule has 0 bridgehead atoms. The summed E-state index contributed by atoms with van der Waals surface area (Å²) in [6, 6.07) is 0.969. The molecule has 0 saturated carbocycles. The number of hydrogen-bond donors (Lipinski definition) is 1. The van der Waals surface area contributed by atoms with E-state index in [0.29, 0.717) is 18.6 Å². The molecule has 2 saturated heterocycles. The van der Waals surface area contributed by atoms with Crippen LogP contribution >= 0.6 is 0 Å². The molecule has 4 nitrogen and oxygen atoms in total. The maximum absolute atomic E-state index is 5.74. The van der Waals surface area contributed by atoms with Crippen molar-refractivity contribution in [3.05, 3.63) is 0 Å². The van der Waals surface area contributed by atoms with Gasteiger partial charge in [-0.15, -0.1) is 0 Å². The van der Waals surface area contributed by atoms with Gasteiger partial charge in [-0.3, -0.25) is 4.90 Å². The number of nitrogens with zero attached hydrogens (tertiary/aromatic N) is 1. The van der Waals surface area contributed by atoms with Crippen LogP contribution in [0.3, 0.4) is 0 Å². The lowest BCUT2D eigenvalue weighted by Crippen LogP contribution is -2.55. The molecule has 82 valence electrons. The Morgan fingerprint density at radius 2 is 2.07 bits per heavy atom. The van der Waals surface area contributed by atoms with Crippen molar-refractivity contribution >= 4 is 0 Å². The van der Waals surface area contributed by atoms with Gasteiger partial charge in [-0.05, 0) is 12.8 Å². The Kier molecular flexibility index (Phi) is 3.75. The van der Waals surface area contributed by atoms with E-state index in [-0.39, 0.29) is 0 Å². The van der Waals surface area contributed by atoms with Gasteiger partial charge in [-0.2, -0.15) is 0 Å². The molecule has 4 heteroatoms. The van der Waals surface area contributed by atoms with Crippen LogP contribution in [-0.2, 0) is 9.47 Å². The largest absolute Gasteiger partial charge is 0.380 e. The predicted molar refractivity (Wildman–Crippen MR) is 54.2 cm³/mol. The van der Waals surface area contributed by atoms with Gasteiger partial charge >= 0.3 is 0 Å². The second-order valence-electron chi connectivity index (χ2n) is 4.07. The number of nitrogens with two attached hydrogens (primary N) is 1. The highest BCUT2D eigenvalue weighted by atomic mass is 16.5. The van der Waals surface area contributed by atoms with E-state index in [4.69, 9.17) is 15.2 Å². The lowest BCUT2D eigenvalue weighted by molar-refractivity contribution is -0.0618. The van der Waals surface area contributed by atoms with Crippen molar-refractivity contribution < 1.29 is 9.47 Å². The summed E-state index contributed by atoms with van der Waals surface area (Å²) >= 11 is 0. The smallest absolute Gasteiger partial charge is 0.0634 e. The molecule has 2 fully saturated rings. The molecule has 0 aromatic heterocycles. The Bertz CT molecular complexity index is 172. The van der Waals surface area contributed by atoms with E-state index in [2.05, 4.69) is 4.90 Å². The molecule has 0 amide bonds. The third-order valence-corrected chi connectivity index (χ3v) is 3.15. The molecule has 2 aliphatic rings. The van der Waals surface area contributed by atoms with E-state index in [0.717, 1.165) is 33.0 Å². The lowest BCUT2D eigenvalue weighted by Gasteiger charge is -2.41. The molecule has 2 unspecified atom stereocenters. The first-order valence-corrected chi connectivity index (χ1v) is 5.53. The van der Waals surface area contributed by atoms with Crippen molar-refractivity contribution in [1.29, 1.82) is 0 Å². The highest BCUT2D eigenvalue weighted by Crippen LogP contribution is 2.18. The summed E-state index contributed by atoms with van der Waals surface area (Å²) in [6.45, 7) is 5.12. The molecule has 0 aromatic carbocycles. The Hall–Kier alpha value is -0.160. The third kappa shape index (κ3) is 2.25. The summed E-state index contributed by atoms with van der Waals surface area (Å²) in [5, 5.41) is 0. The van der Waals surface area contributed by atoms with Crippen LogP contribution in [-0.4, -0.2) is 56.5 Å². The minimum absolute atomic E-state index is 0.399. The molecule has 0 aromatic rings. The zero-order chi connectivity index (χ0) is 9.80. The molecular weight excluding hydrogens is 180 g/mol. The Labute approximate surface area is 85.3 Å². The lowest BCUT2D eigenvalue weighted by atomic mass is 10.1. The fraction of sp³-hybridized carbons (Fsp3) is 1.00. The summed E-state index contributed by atoms with van der Waals surface area (Å²) in [6.07, 6.45) is 2.43. The maximum atomic E-state index is 5.74. The number of ether oxygens (including phenoxy) is 2. The van der Waals surface area contributed by atoms with Gasteiger partial charge in [0, 0.05) is 31.8 Å². The van der Waals surface area contributed by atoms with Crippen LogP contribution in [0.15, 0.2) is 0 Å². The molecule has 2 N–H and O–H groups in total. The fourth-order valence-electron chi connectivity index (χ4n) is 2.34. The molecule has 2 heterocycles. The van der Waals surface area contributed by atoms with Gasteiger partial charge in [-0.1, -0.05) is 0 Å². The van der Waals surface area contributed by atoms with Gasteiger partial charge in [0.2, 0.25) is 0 Å². The number of rotatable bonds is 2. The second-order valence-corrected chi connectivity index (χ2v) is 4.07. The minimum Gasteiger partial charge on any atom is -0.380 e. The van der Waals surface area contributed by atoms with E-state index in [9.17, 15) is 0 Å². The molecular formula is C10H20N2O2. The molecule has 2 rings (SSSR count). The Morgan fingerprint density at radius 1 is 1.21 bits per heavy atom. The van der Waals surface area contributed by atoms with Crippen LogP contribution in [0.1, 0.15) is 12.8 Å². The Balaban J connectivity index is 1.91. The predicted octanol–water partition coefficient (Wildman–Crippen LogP) is -0.175. The zero-order valence-corrected chi connectivity index (χ0v) is 8.65. The summed E-state index contributed by atoms with van der Waals surface area (Å²) in [5.41, 5.74) is 5.74. The van der Waals surface area contributed by atoms with Crippen LogP contribution in [0, 0.1) is 0 Å². The second kappa shape index (κ2) is 5.07. The first-order chi connectivity index (χ1) is 6.92. The first-order valence-electron chi connectivity index (χ1n) is 5.53. The van der Waals surface area contributed by atoms with Crippen molar-refractivity contribution in [3.63, 3.8) is 0 Å². The van der Waals surface area contributed by atoms with Gasteiger partial charge in [0.05, 0.1) is 19.8 Å². The molecule has 14 heavy (non-hydrogen) atoms. The number of morpholine rings is 1. The number of hydrogen-bond acceptors (Lipinski definition) is 4. The summed E-state index contributed by atoms with van der Waals surface area (Å²) in [5.74, 6) is 0. The van der Waals surface area contributed by atoms with Crippen LogP contribution in [0.25, 0.3) is 0 Å². The van der Waals surface area contributed by atoms with Gasteiger partial charge in [0.25, 0.3) is 0 Å². The van der Waals surface area contributed by atoms with Crippen molar-refractivity contribution in [2.45, 2.75) is 24.9 Å². The van der Waals surface area contributed by atoms with Crippen molar-refractivity contribution in [1.82, 2.24) is 4.90 Å². The standard InChI is InChI=1S/C10H20N2O2/c11-6-10-8-14-5-3-12(10)9-2-1-4-13-7-9/h9-10H,1-8,11H2. The molecule has 0 radical (unpaired) electrons. The first kappa shape index (κ1) is 10.4. The van der Waals surface area contributed by atoms with Crippen molar-refractivity contribution in [3.8, 4) is 0 Å². The summed E-state index contributed by atoms with van der Waals surface area (Å²) in [7, 11) is 0. The van der Waals surface area contributed by atoms with E-state index in [1.165, 1.54) is 12.8 Å². The summed E-state index contributed by atoms with van der Waals surface area (Å²) in [4.78, 5) is 2.47. The molecule has 0 spiro atoms. The summed E-state index contributed by atoms with van der Waals surface area (Å²) < 4.78 is 10.9. The third-order valence-electron chi connectivity index (χ3n) is 3.15. The molecule has 2 atom stereocenters. The van der Waals surface area contributed by atoms with E-state index in [1.54, 1.807) is 0 Å². The minimum atomic E-state index is 0.399. The monoisotopic (exact) mass is 200 g/mol. The average molecular weight is 200 g/mol. The molecule has 0 aliphatic carbocycles. The van der Waals surface area contributed by atoms with Gasteiger partial charge in [0.1, 0.15) is 0 Å². The van der Waals surface area contributed by atoms with E-state index in [1.807, 2.05) is 0 Å². The van der Waals surface area contributed by atoms with Crippen LogP contribution < -0.4 is 5.73 Å². The highest BCUT2D eigenvalue weighted by Gasteiger charge is 2.29. The van der Waals surface area contributed by atoms with Gasteiger partial charge < -0.3 is 15.2 Å². The van der Waals surface area contributed by atoms with E-state index >= 15 is 0 Å². The van der Waals surface area contributed by atoms with Crippen molar-refractivity contribution in [2.24, 2.45) is 5.73 Å². The zero-order valence-electron chi connectivity index (χ0n) is 8.65. The van der Waals surface area contributed by atoms with Crippen LogP contribution in [0.4, 0.5) is 0 Å². The average Bonchev–Trinajstić information content (AvgIpc) is 2.30. The van der Waals surface area contributed by atoms with Crippen molar-refractivity contribution in [2.75, 3.05) is 39.5 Å². The van der Waals surface area contributed by atoms with Gasteiger partial charge in [-0.25, -0.2) is 0 Å². The van der Waals surface area contributed by atoms with Crippen LogP contribution in [0.2, 0.25) is 0 Å². The normalized spacial score (nSPS) is 35.8. The fourth-order valence-corrected chi connectivity index (χ4v) is 2.34. The Morgan fingerprint density at radius 3 is 2.79 bits per heavy atom. The maximum Gasteiger partial charge on any atom is 0.0634 e. The highest BCUT2D eigenvalue weighted by molar-refractivity contribution is 4.83. The van der Waals surface area contributed by atoms with Crippen LogP contribution in [0.5, 0.6) is 0 Å². The molecule has 2 aliphatic heterocycles. The van der Waals surface area contributed by atoms with Gasteiger partial charge in [0.15, 0.2) is 0 Å². The quantitative estimate of drug-likeness (QED) is 0.672.